The number of fused-ring (bicyclic) bond motifs is 1. The molecule has 2 N–H and O–H groups in total. The quantitative estimate of drug-likeness (QED) is 0.806. The van der Waals surface area contributed by atoms with Crippen molar-refractivity contribution < 1.29 is 9.47 Å². The van der Waals surface area contributed by atoms with E-state index >= 15 is 0 Å². The van der Waals surface area contributed by atoms with Crippen LogP contribution in [-0.4, -0.2) is 12.3 Å². The van der Waals surface area contributed by atoms with Crippen LogP contribution in [0.15, 0.2) is 12.1 Å². The fourth-order valence-corrected chi connectivity index (χ4v) is 1.82. The van der Waals surface area contributed by atoms with E-state index in [1.54, 1.807) is 0 Å². The average Bonchev–Trinajstić information content (AvgIpc) is 2.57. The standard InChI is InChI=1S/C12H17NO2/c1-8-4-5-9(6-12(2,3)13)11-10(8)14-7-15-11/h4-5H,6-7,13H2,1-3H3. The van der Waals surface area contributed by atoms with Gasteiger partial charge >= 0.3 is 0 Å². The summed E-state index contributed by atoms with van der Waals surface area (Å²) in [6.45, 7) is 6.35. The summed E-state index contributed by atoms with van der Waals surface area (Å²) in [5.74, 6) is 1.74. The van der Waals surface area contributed by atoms with E-state index in [4.69, 9.17) is 15.2 Å². The molecule has 0 bridgehead atoms. The molecule has 0 radical (unpaired) electrons. The highest BCUT2D eigenvalue weighted by Gasteiger charge is 2.23. The topological polar surface area (TPSA) is 44.5 Å². The van der Waals surface area contributed by atoms with Crippen molar-refractivity contribution in [3.8, 4) is 11.5 Å². The lowest BCUT2D eigenvalue weighted by Crippen LogP contribution is -2.34. The molecule has 0 aromatic heterocycles. The highest BCUT2D eigenvalue weighted by atomic mass is 16.7. The third-order valence-corrected chi connectivity index (χ3v) is 2.44. The number of hydrogen-bond acceptors (Lipinski definition) is 3. The Labute approximate surface area is 90.2 Å². The van der Waals surface area contributed by atoms with Gasteiger partial charge in [-0.2, -0.15) is 0 Å². The molecular formula is C12H17NO2. The van der Waals surface area contributed by atoms with Crippen LogP contribution in [0.3, 0.4) is 0 Å². The molecule has 15 heavy (non-hydrogen) atoms. The molecule has 0 saturated heterocycles. The van der Waals surface area contributed by atoms with Crippen molar-refractivity contribution in [1.29, 1.82) is 0 Å². The first-order valence-corrected chi connectivity index (χ1v) is 5.14. The normalized spacial score (nSPS) is 14.4. The van der Waals surface area contributed by atoms with Crippen molar-refractivity contribution >= 4 is 0 Å². The Hall–Kier alpha value is -1.22. The third-order valence-electron chi connectivity index (χ3n) is 2.44. The Bertz CT molecular complexity index is 380. The lowest BCUT2D eigenvalue weighted by Gasteiger charge is -2.19. The van der Waals surface area contributed by atoms with E-state index in [0.29, 0.717) is 6.79 Å². The second-order valence-corrected chi connectivity index (χ2v) is 4.77. The zero-order chi connectivity index (χ0) is 11.1. The van der Waals surface area contributed by atoms with Gasteiger partial charge in [-0.1, -0.05) is 12.1 Å². The van der Waals surface area contributed by atoms with Crippen LogP contribution in [-0.2, 0) is 6.42 Å². The molecule has 0 fully saturated rings. The van der Waals surface area contributed by atoms with Gasteiger partial charge in [-0.25, -0.2) is 0 Å². The van der Waals surface area contributed by atoms with Crippen molar-refractivity contribution in [2.24, 2.45) is 5.73 Å². The van der Waals surface area contributed by atoms with Crippen LogP contribution in [0.4, 0.5) is 0 Å². The fraction of sp³-hybridized carbons (Fsp3) is 0.500. The summed E-state index contributed by atoms with van der Waals surface area (Å²) in [6.07, 6.45) is 0.791. The van der Waals surface area contributed by atoms with E-state index in [2.05, 4.69) is 12.1 Å². The summed E-state index contributed by atoms with van der Waals surface area (Å²) < 4.78 is 10.9. The lowest BCUT2D eigenvalue weighted by atomic mass is 9.94. The van der Waals surface area contributed by atoms with Gasteiger partial charge in [0.05, 0.1) is 0 Å². The molecule has 82 valence electrons. The van der Waals surface area contributed by atoms with Crippen molar-refractivity contribution in [2.75, 3.05) is 6.79 Å². The molecule has 3 heteroatoms. The molecule has 1 aliphatic rings. The van der Waals surface area contributed by atoms with Gasteiger partial charge in [0.25, 0.3) is 0 Å². The first-order valence-electron chi connectivity index (χ1n) is 5.14. The van der Waals surface area contributed by atoms with Crippen molar-refractivity contribution in [2.45, 2.75) is 32.7 Å². The van der Waals surface area contributed by atoms with Crippen molar-refractivity contribution in [3.63, 3.8) is 0 Å². The monoisotopic (exact) mass is 207 g/mol. The smallest absolute Gasteiger partial charge is 0.231 e. The predicted molar refractivity (Wildman–Crippen MR) is 59.3 cm³/mol. The number of aryl methyl sites for hydroxylation is 1. The lowest BCUT2D eigenvalue weighted by molar-refractivity contribution is 0.172. The van der Waals surface area contributed by atoms with Crippen LogP contribution >= 0.6 is 0 Å². The molecule has 0 amide bonds. The molecule has 0 aliphatic carbocycles. The second kappa shape index (κ2) is 3.42. The van der Waals surface area contributed by atoms with E-state index in [9.17, 15) is 0 Å². The maximum absolute atomic E-state index is 6.00. The molecular weight excluding hydrogens is 190 g/mol. The molecule has 2 rings (SSSR count). The fourth-order valence-electron chi connectivity index (χ4n) is 1.82. The first kappa shape index (κ1) is 10.3. The Kier molecular flexibility index (Phi) is 2.35. The zero-order valence-corrected chi connectivity index (χ0v) is 9.46. The molecule has 0 saturated carbocycles. The summed E-state index contributed by atoms with van der Waals surface area (Å²) in [4.78, 5) is 0. The van der Waals surface area contributed by atoms with E-state index in [1.165, 1.54) is 0 Å². The Morgan fingerprint density at radius 2 is 1.93 bits per heavy atom. The average molecular weight is 207 g/mol. The Morgan fingerprint density at radius 1 is 1.27 bits per heavy atom. The summed E-state index contributed by atoms with van der Waals surface area (Å²) in [5, 5.41) is 0. The number of ether oxygens (including phenoxy) is 2. The molecule has 0 unspecified atom stereocenters. The first-order chi connectivity index (χ1) is 6.97. The Morgan fingerprint density at radius 3 is 2.60 bits per heavy atom. The van der Waals surface area contributed by atoms with E-state index < -0.39 is 0 Å². The molecule has 1 aromatic rings. The van der Waals surface area contributed by atoms with Gasteiger partial charge in [0.15, 0.2) is 11.5 Å². The van der Waals surface area contributed by atoms with Gasteiger partial charge in [0, 0.05) is 5.54 Å². The number of rotatable bonds is 2. The summed E-state index contributed by atoms with van der Waals surface area (Å²) in [7, 11) is 0. The van der Waals surface area contributed by atoms with Gasteiger partial charge < -0.3 is 15.2 Å². The van der Waals surface area contributed by atoms with Gasteiger partial charge in [0.2, 0.25) is 6.79 Å². The van der Waals surface area contributed by atoms with E-state index in [-0.39, 0.29) is 5.54 Å². The van der Waals surface area contributed by atoms with E-state index in [1.807, 2.05) is 20.8 Å². The molecule has 3 nitrogen and oxygen atoms in total. The maximum Gasteiger partial charge on any atom is 0.231 e. The highest BCUT2D eigenvalue weighted by molar-refractivity contribution is 5.53. The molecule has 0 atom stereocenters. The van der Waals surface area contributed by atoms with Crippen LogP contribution in [0.25, 0.3) is 0 Å². The van der Waals surface area contributed by atoms with Crippen LogP contribution in [0, 0.1) is 6.92 Å². The van der Waals surface area contributed by atoms with E-state index in [0.717, 1.165) is 29.0 Å². The molecule has 1 aliphatic heterocycles. The van der Waals surface area contributed by atoms with Crippen molar-refractivity contribution in [1.82, 2.24) is 0 Å². The minimum Gasteiger partial charge on any atom is -0.453 e. The minimum absolute atomic E-state index is 0.227. The maximum atomic E-state index is 6.00. The Balaban J connectivity index is 2.38. The predicted octanol–water partition coefficient (Wildman–Crippen LogP) is 2.00. The molecule has 1 heterocycles. The summed E-state index contributed by atoms with van der Waals surface area (Å²) in [6, 6.07) is 4.12. The SMILES string of the molecule is Cc1ccc(CC(C)(C)N)c2c1OCO2. The van der Waals surface area contributed by atoms with Gasteiger partial charge in [-0.05, 0) is 38.3 Å². The van der Waals surface area contributed by atoms with Crippen LogP contribution in [0.5, 0.6) is 11.5 Å². The second-order valence-electron chi connectivity index (χ2n) is 4.77. The molecule has 0 spiro atoms. The minimum atomic E-state index is -0.227. The van der Waals surface area contributed by atoms with Gasteiger partial charge in [0.1, 0.15) is 0 Å². The third kappa shape index (κ3) is 2.07. The number of nitrogens with two attached hydrogens (primary N) is 1. The number of hydrogen-bond donors (Lipinski definition) is 1. The van der Waals surface area contributed by atoms with Gasteiger partial charge in [-0.3, -0.25) is 0 Å². The zero-order valence-electron chi connectivity index (χ0n) is 9.46. The van der Waals surface area contributed by atoms with Crippen molar-refractivity contribution in [3.05, 3.63) is 23.3 Å². The van der Waals surface area contributed by atoms with Crippen LogP contribution in [0.1, 0.15) is 25.0 Å². The summed E-state index contributed by atoms with van der Waals surface area (Å²) >= 11 is 0. The van der Waals surface area contributed by atoms with Crippen LogP contribution < -0.4 is 15.2 Å². The summed E-state index contributed by atoms with van der Waals surface area (Å²) in [5.41, 5.74) is 8.01. The van der Waals surface area contributed by atoms with Gasteiger partial charge in [-0.15, -0.1) is 0 Å². The highest BCUT2D eigenvalue weighted by Crippen LogP contribution is 2.39. The molecule has 1 aromatic carbocycles. The largest absolute Gasteiger partial charge is 0.453 e. The van der Waals surface area contributed by atoms with Crippen LogP contribution in [0.2, 0.25) is 0 Å². The number of benzene rings is 1.